The Hall–Kier alpha value is -2.27. The molecule has 3 N–H and O–H groups in total. The summed E-state index contributed by atoms with van der Waals surface area (Å²) in [6, 6.07) is 0. The molecule has 0 aromatic carbocycles. The summed E-state index contributed by atoms with van der Waals surface area (Å²) in [4.78, 5) is 43.0. The van der Waals surface area contributed by atoms with Gasteiger partial charge in [-0.2, -0.15) is 0 Å². The van der Waals surface area contributed by atoms with E-state index in [0.717, 1.165) is 6.42 Å². The van der Waals surface area contributed by atoms with Gasteiger partial charge in [-0.1, -0.05) is 33.8 Å². The highest BCUT2D eigenvalue weighted by molar-refractivity contribution is 8.25. The Kier molecular flexibility index (Phi) is 8.29. The molecule has 0 radical (unpaired) electrons. The van der Waals surface area contributed by atoms with Gasteiger partial charge in [-0.15, -0.1) is 0 Å². The van der Waals surface area contributed by atoms with E-state index in [4.69, 9.17) is 14.9 Å². The number of carboxylic acid groups (broad SMARTS) is 2. The van der Waals surface area contributed by atoms with E-state index in [0.29, 0.717) is 6.42 Å². The Morgan fingerprint density at radius 3 is 2.30 bits per heavy atom. The third kappa shape index (κ3) is 5.08. The number of carbonyl (C=O) groups is 4. The number of esters is 1. The lowest BCUT2D eigenvalue weighted by Gasteiger charge is -2.59. The molecule has 206 valence electrons. The van der Waals surface area contributed by atoms with E-state index in [1.165, 1.54) is 0 Å². The van der Waals surface area contributed by atoms with Crippen LogP contribution in [0.5, 0.6) is 0 Å². The zero-order valence-electron chi connectivity index (χ0n) is 21.5. The van der Waals surface area contributed by atoms with Gasteiger partial charge in [-0.3, -0.25) is 9.59 Å². The summed E-state index contributed by atoms with van der Waals surface area (Å²) < 4.78 is 36.1. The maximum Gasteiger partial charge on any atom is 0.376 e. The minimum absolute atomic E-state index is 0.0570. The molecule has 37 heavy (non-hydrogen) atoms. The standard InChI is InChI=1S/C24H32F2O4.C2H2O4S/c1-6-17(28)30-22-11(2)7-14-13-8-15(25)19-20(26)21(29)12(3)9-24(19,5)18(13)16(27)10-23(14,22)4;3-1(4)7-2(5)6/h9,11,13-16,18,22,27H,6-8,10H2,1-5H3;(H,3,4)(H,5,6)/t11-,13-,14-,15-,16-,18+,22-,23-,24+;/m0./s1. The van der Waals surface area contributed by atoms with Gasteiger partial charge in [0.2, 0.25) is 5.78 Å². The van der Waals surface area contributed by atoms with Gasteiger partial charge in [0.05, 0.1) is 17.9 Å². The zero-order valence-corrected chi connectivity index (χ0v) is 22.3. The molecule has 0 unspecified atom stereocenters. The lowest BCUT2D eigenvalue weighted by Crippen LogP contribution is -2.59. The fraction of sp³-hybridized carbons (Fsp3) is 0.692. The van der Waals surface area contributed by atoms with Crippen LogP contribution >= 0.6 is 11.8 Å². The second-order valence-electron chi connectivity index (χ2n) is 11.1. The first kappa shape index (κ1) is 29.3. The molecule has 0 aliphatic heterocycles. The number of hydrogen-bond donors (Lipinski definition) is 3. The molecule has 0 aromatic heterocycles. The van der Waals surface area contributed by atoms with Crippen molar-refractivity contribution < 1.29 is 48.0 Å². The molecule has 8 nitrogen and oxygen atoms in total. The number of fused-ring (bicyclic) bond motifs is 5. The molecule has 0 aromatic rings. The van der Waals surface area contributed by atoms with Crippen molar-refractivity contribution in [1.82, 2.24) is 0 Å². The van der Waals surface area contributed by atoms with Gasteiger partial charge < -0.3 is 20.1 Å². The van der Waals surface area contributed by atoms with Crippen LogP contribution in [0.2, 0.25) is 0 Å². The number of aliphatic hydroxyl groups excluding tert-OH is 1. The van der Waals surface area contributed by atoms with Crippen LogP contribution in [-0.4, -0.2) is 56.1 Å². The number of aliphatic hydroxyl groups is 1. The Labute approximate surface area is 218 Å². The van der Waals surface area contributed by atoms with Crippen LogP contribution in [0.3, 0.4) is 0 Å². The average Bonchev–Trinajstić information content (AvgIpc) is 3.00. The van der Waals surface area contributed by atoms with Gasteiger partial charge in [-0.25, -0.2) is 18.4 Å². The Morgan fingerprint density at radius 1 is 1.19 bits per heavy atom. The number of thioether (sulfide) groups is 1. The monoisotopic (exact) mass is 544 g/mol. The Bertz CT molecular complexity index is 1050. The van der Waals surface area contributed by atoms with Gasteiger partial charge in [-0.05, 0) is 49.5 Å². The average molecular weight is 545 g/mol. The summed E-state index contributed by atoms with van der Waals surface area (Å²) >= 11 is -0.157. The fourth-order valence-corrected chi connectivity index (χ4v) is 7.79. The summed E-state index contributed by atoms with van der Waals surface area (Å²) in [6.07, 6.45) is 0.543. The lowest BCUT2D eigenvalue weighted by atomic mass is 9.46. The topological polar surface area (TPSA) is 138 Å². The van der Waals surface area contributed by atoms with Crippen molar-refractivity contribution in [2.45, 2.75) is 78.7 Å². The first-order valence-corrected chi connectivity index (χ1v) is 13.2. The Balaban J connectivity index is 0.000000479. The van der Waals surface area contributed by atoms with Crippen molar-refractivity contribution in [3.8, 4) is 0 Å². The van der Waals surface area contributed by atoms with Crippen molar-refractivity contribution in [1.29, 1.82) is 0 Å². The highest BCUT2D eigenvalue weighted by atomic mass is 32.2. The number of rotatable bonds is 2. The first-order valence-electron chi connectivity index (χ1n) is 12.4. The molecular weight excluding hydrogens is 510 g/mol. The van der Waals surface area contributed by atoms with Crippen molar-refractivity contribution in [2.24, 2.45) is 34.5 Å². The maximum atomic E-state index is 15.4. The van der Waals surface area contributed by atoms with Crippen molar-refractivity contribution in [3.63, 3.8) is 0 Å². The highest BCUT2D eigenvalue weighted by Gasteiger charge is 2.66. The molecule has 3 fully saturated rings. The van der Waals surface area contributed by atoms with Crippen molar-refractivity contribution in [2.75, 3.05) is 0 Å². The minimum atomic E-state index is -1.56. The quantitative estimate of drug-likeness (QED) is 0.382. The summed E-state index contributed by atoms with van der Waals surface area (Å²) in [6.45, 7) is 9.16. The fourth-order valence-electron chi connectivity index (χ4n) is 7.64. The highest BCUT2D eigenvalue weighted by Crippen LogP contribution is 2.66. The van der Waals surface area contributed by atoms with Gasteiger partial charge >= 0.3 is 16.6 Å². The summed E-state index contributed by atoms with van der Waals surface area (Å²) in [7, 11) is 0. The van der Waals surface area contributed by atoms with Gasteiger partial charge in [0.1, 0.15) is 12.3 Å². The number of ether oxygens (including phenoxy) is 1. The largest absolute Gasteiger partial charge is 0.473 e. The molecule has 4 aliphatic carbocycles. The third-order valence-corrected chi connectivity index (χ3v) is 9.13. The minimum Gasteiger partial charge on any atom is -0.473 e. The first-order chi connectivity index (χ1) is 17.1. The molecule has 4 rings (SSSR count). The van der Waals surface area contributed by atoms with E-state index in [9.17, 15) is 28.7 Å². The van der Waals surface area contributed by atoms with E-state index < -0.39 is 45.3 Å². The smallest absolute Gasteiger partial charge is 0.376 e. The molecule has 0 bridgehead atoms. The molecule has 4 aliphatic rings. The molecule has 0 spiro atoms. The van der Waals surface area contributed by atoms with Crippen LogP contribution in [0.4, 0.5) is 18.4 Å². The molecular formula is C26H34F2O8S. The SMILES string of the molecule is CCC(=O)O[C@H]1[C@@H](C)C[C@H]2[C@@H]3C[C@H](F)C4=C(F)C(=O)C(C)=C[C@]4(C)[C@H]3[C@@H](O)C[C@@]21C.O=C(O)SC(=O)O. The van der Waals surface area contributed by atoms with Crippen LogP contribution in [0.1, 0.15) is 60.3 Å². The molecule has 9 atom stereocenters. The van der Waals surface area contributed by atoms with E-state index >= 15 is 4.39 Å². The zero-order chi connectivity index (χ0) is 28.0. The van der Waals surface area contributed by atoms with Crippen LogP contribution in [0.15, 0.2) is 23.0 Å². The van der Waals surface area contributed by atoms with Crippen LogP contribution in [0, 0.1) is 34.5 Å². The second-order valence-corrected chi connectivity index (χ2v) is 12.0. The molecule has 0 amide bonds. The molecule has 0 saturated heterocycles. The molecule has 0 heterocycles. The maximum absolute atomic E-state index is 15.4. The number of halogens is 2. The number of Topliss-reactive ketones (excluding diaryl/α,β-unsaturated/α-hetero) is 1. The Morgan fingerprint density at radius 2 is 1.78 bits per heavy atom. The van der Waals surface area contributed by atoms with Crippen molar-refractivity contribution in [3.05, 3.63) is 23.0 Å². The van der Waals surface area contributed by atoms with Gasteiger partial charge in [0, 0.05) is 28.7 Å². The van der Waals surface area contributed by atoms with E-state index in [1.54, 1.807) is 26.8 Å². The number of alkyl halides is 1. The lowest BCUT2D eigenvalue weighted by molar-refractivity contribution is -0.172. The predicted molar refractivity (Wildman–Crippen MR) is 131 cm³/mol. The summed E-state index contributed by atoms with van der Waals surface area (Å²) in [5.74, 6) is -2.40. The van der Waals surface area contributed by atoms with Gasteiger partial charge in [0.15, 0.2) is 5.83 Å². The van der Waals surface area contributed by atoms with E-state index in [1.807, 2.05) is 13.8 Å². The molecule has 3 saturated carbocycles. The second kappa shape index (κ2) is 10.5. The van der Waals surface area contributed by atoms with Gasteiger partial charge in [0.25, 0.3) is 0 Å². The van der Waals surface area contributed by atoms with E-state index in [-0.39, 0.29) is 71.5 Å². The van der Waals surface area contributed by atoms with Crippen LogP contribution in [0.25, 0.3) is 0 Å². The van der Waals surface area contributed by atoms with Crippen molar-refractivity contribution >= 4 is 34.1 Å². The normalized spacial score (nSPS) is 40.4. The number of carbonyl (C=O) groups excluding carboxylic acids is 2. The predicted octanol–water partition coefficient (Wildman–Crippen LogP) is 5.54. The summed E-state index contributed by atoms with van der Waals surface area (Å²) in [5.41, 5.74) is -1.32. The molecule has 11 heteroatoms. The number of ketones is 1. The number of hydrogen-bond acceptors (Lipinski definition) is 7. The summed E-state index contributed by atoms with van der Waals surface area (Å²) in [5, 5.41) is 23.9. The number of allylic oxidation sites excluding steroid dienone is 4. The van der Waals surface area contributed by atoms with E-state index in [2.05, 4.69) is 0 Å². The third-order valence-electron chi connectivity index (χ3n) is 8.78. The van der Waals surface area contributed by atoms with Crippen LogP contribution in [-0.2, 0) is 14.3 Å². The van der Waals surface area contributed by atoms with Crippen LogP contribution < -0.4 is 0 Å².